The van der Waals surface area contributed by atoms with Crippen LogP contribution in [-0.4, -0.2) is 47.0 Å². The lowest BCUT2D eigenvalue weighted by atomic mass is 9.91. The first-order valence-corrected chi connectivity index (χ1v) is 12.7. The van der Waals surface area contributed by atoms with Crippen LogP contribution in [0.1, 0.15) is 36.0 Å². The monoisotopic (exact) mass is 516 g/mol. The Labute approximate surface area is 221 Å². The maximum atomic E-state index is 12.8. The predicted octanol–water partition coefficient (Wildman–Crippen LogP) is 5.69. The Hall–Kier alpha value is -3.91. The number of fused-ring (bicyclic) bond motifs is 1. The summed E-state index contributed by atoms with van der Waals surface area (Å²) in [5.41, 5.74) is 1.42. The maximum Gasteiger partial charge on any atom is 0.253 e. The average Bonchev–Trinajstić information content (AvgIpc) is 2.90. The molecule has 0 bridgehead atoms. The Kier molecular flexibility index (Phi) is 7.37. The summed E-state index contributed by atoms with van der Waals surface area (Å²) in [5, 5.41) is 8.27. The maximum absolute atomic E-state index is 12.8. The number of anilines is 2. The summed E-state index contributed by atoms with van der Waals surface area (Å²) in [7, 11) is 3.98. The minimum absolute atomic E-state index is 0.114. The van der Waals surface area contributed by atoms with Crippen molar-refractivity contribution in [3.63, 3.8) is 0 Å². The van der Waals surface area contributed by atoms with Crippen LogP contribution in [0.4, 0.5) is 11.8 Å². The first kappa shape index (κ1) is 24.8. The smallest absolute Gasteiger partial charge is 0.253 e. The minimum atomic E-state index is -0.133. The van der Waals surface area contributed by atoms with E-state index >= 15 is 0 Å². The fourth-order valence-electron chi connectivity index (χ4n) is 4.52. The molecule has 4 aromatic rings. The van der Waals surface area contributed by atoms with Gasteiger partial charge in [0.25, 0.3) is 5.91 Å². The average molecular weight is 517 g/mol. The van der Waals surface area contributed by atoms with Crippen molar-refractivity contribution in [1.29, 1.82) is 0 Å². The van der Waals surface area contributed by atoms with Crippen molar-refractivity contribution in [2.75, 3.05) is 24.3 Å². The normalized spacial score (nSPS) is 17.3. The number of nitrogens with one attached hydrogen (secondary N) is 2. The van der Waals surface area contributed by atoms with Gasteiger partial charge in [0.15, 0.2) is 0 Å². The van der Waals surface area contributed by atoms with E-state index in [4.69, 9.17) is 26.3 Å². The zero-order chi connectivity index (χ0) is 25.8. The molecule has 2 aromatic heterocycles. The highest BCUT2D eigenvalue weighted by Gasteiger charge is 2.24. The molecule has 5 rings (SSSR count). The molecule has 0 atom stereocenters. The van der Waals surface area contributed by atoms with Gasteiger partial charge in [-0.25, -0.2) is 9.97 Å². The van der Waals surface area contributed by atoms with Gasteiger partial charge >= 0.3 is 0 Å². The summed E-state index contributed by atoms with van der Waals surface area (Å²) in [6.07, 6.45) is 5.12. The van der Waals surface area contributed by atoms with Crippen LogP contribution < -0.4 is 20.3 Å². The van der Waals surface area contributed by atoms with Crippen molar-refractivity contribution in [2.45, 2.75) is 37.8 Å². The molecule has 0 radical (unpaired) electrons. The van der Waals surface area contributed by atoms with E-state index in [-0.39, 0.29) is 18.0 Å². The van der Waals surface area contributed by atoms with E-state index in [1.165, 1.54) is 6.20 Å². The molecule has 0 unspecified atom stereocenters. The highest BCUT2D eigenvalue weighted by molar-refractivity contribution is 6.30. The number of carbonyl (C=O) groups excluding carboxylic acids is 1. The van der Waals surface area contributed by atoms with Crippen LogP contribution in [0.15, 0.2) is 66.9 Å². The van der Waals surface area contributed by atoms with Gasteiger partial charge in [0.2, 0.25) is 11.8 Å². The third kappa shape index (κ3) is 6.09. The zero-order valence-corrected chi connectivity index (χ0v) is 21.6. The number of benzene rings is 2. The first-order chi connectivity index (χ1) is 17.9. The molecule has 37 heavy (non-hydrogen) atoms. The molecule has 2 heterocycles. The largest absolute Gasteiger partial charge is 0.439 e. The fraction of sp³-hybridized carbons (Fsp3) is 0.286. The first-order valence-electron chi connectivity index (χ1n) is 12.4. The number of aromatic nitrogens is 3. The van der Waals surface area contributed by atoms with Crippen molar-refractivity contribution >= 4 is 40.2 Å². The van der Waals surface area contributed by atoms with Crippen LogP contribution in [0.25, 0.3) is 10.9 Å². The lowest BCUT2D eigenvalue weighted by Crippen LogP contribution is -2.40. The van der Waals surface area contributed by atoms with Gasteiger partial charge in [-0.3, -0.25) is 4.79 Å². The second kappa shape index (κ2) is 11.0. The number of carbonyl (C=O) groups is 1. The van der Waals surface area contributed by atoms with Crippen LogP contribution in [-0.2, 0) is 0 Å². The molecule has 9 heteroatoms. The highest BCUT2D eigenvalue weighted by atomic mass is 35.5. The quantitative estimate of drug-likeness (QED) is 0.326. The number of hydrogen-bond acceptors (Lipinski definition) is 7. The third-order valence-electron chi connectivity index (χ3n) is 6.42. The molecule has 1 amide bonds. The van der Waals surface area contributed by atoms with Gasteiger partial charge < -0.3 is 20.3 Å². The van der Waals surface area contributed by atoms with E-state index < -0.39 is 0 Å². The van der Waals surface area contributed by atoms with Gasteiger partial charge in [0, 0.05) is 48.9 Å². The van der Waals surface area contributed by atoms with Gasteiger partial charge in [-0.15, -0.1) is 0 Å². The van der Waals surface area contributed by atoms with Gasteiger partial charge in [-0.1, -0.05) is 29.8 Å². The summed E-state index contributed by atoms with van der Waals surface area (Å²) >= 11 is 5.99. The van der Waals surface area contributed by atoms with Crippen LogP contribution in [0.2, 0.25) is 5.02 Å². The highest BCUT2D eigenvalue weighted by Crippen LogP contribution is 2.27. The molecule has 2 aromatic carbocycles. The van der Waals surface area contributed by atoms with Crippen LogP contribution in [0, 0.1) is 0 Å². The Balaban J connectivity index is 1.14. The standard InChI is InChI=1S/C28H29ClN6O2/c1-35(2)26-23-8-3-4-9-24(23)33-28(34-26)32-21-13-11-20(12-14-21)31-27(36)18-10-15-25(30-17-18)37-22-7-5-6-19(29)16-22/h3-10,15-17,20-21H,11-14H2,1-2H3,(H,31,36)(H,32,33,34). The van der Waals surface area contributed by atoms with Crippen molar-refractivity contribution in [1.82, 2.24) is 20.3 Å². The van der Waals surface area contributed by atoms with E-state index in [0.29, 0.717) is 28.2 Å². The van der Waals surface area contributed by atoms with Gasteiger partial charge in [0.1, 0.15) is 11.6 Å². The number of rotatable bonds is 7. The Bertz CT molecular complexity index is 1390. The number of para-hydroxylation sites is 1. The van der Waals surface area contributed by atoms with Gasteiger partial charge in [0.05, 0.1) is 11.1 Å². The minimum Gasteiger partial charge on any atom is -0.439 e. The number of ether oxygens (including phenoxy) is 1. The van der Waals surface area contributed by atoms with Gasteiger partial charge in [-0.05, 0) is 62.1 Å². The van der Waals surface area contributed by atoms with Crippen LogP contribution >= 0.6 is 11.6 Å². The number of nitrogens with zero attached hydrogens (tertiary/aromatic N) is 4. The molecule has 190 valence electrons. The SMILES string of the molecule is CN(C)c1nc(NC2CCC(NC(=O)c3ccc(Oc4cccc(Cl)c4)nc3)CC2)nc2ccccc12. The Morgan fingerprint density at radius 3 is 2.49 bits per heavy atom. The third-order valence-corrected chi connectivity index (χ3v) is 6.65. The van der Waals surface area contributed by atoms with E-state index in [1.54, 1.807) is 36.4 Å². The summed E-state index contributed by atoms with van der Waals surface area (Å²) < 4.78 is 5.70. The predicted molar refractivity (Wildman–Crippen MR) is 147 cm³/mol. The molecule has 0 spiro atoms. The fourth-order valence-corrected chi connectivity index (χ4v) is 4.71. The van der Waals surface area contributed by atoms with E-state index in [2.05, 4.69) is 15.6 Å². The Morgan fingerprint density at radius 2 is 1.76 bits per heavy atom. The number of amides is 1. The lowest BCUT2D eigenvalue weighted by Gasteiger charge is -2.30. The van der Waals surface area contributed by atoms with Crippen molar-refractivity contribution in [2.24, 2.45) is 0 Å². The molecule has 0 saturated heterocycles. The summed E-state index contributed by atoms with van der Waals surface area (Å²) in [6.45, 7) is 0. The van der Waals surface area contributed by atoms with Crippen LogP contribution in [0.5, 0.6) is 11.6 Å². The summed E-state index contributed by atoms with van der Waals surface area (Å²) in [4.78, 5) is 28.5. The van der Waals surface area contributed by atoms with Gasteiger partial charge in [-0.2, -0.15) is 4.98 Å². The molecule has 8 nitrogen and oxygen atoms in total. The summed E-state index contributed by atoms with van der Waals surface area (Å²) in [6, 6.07) is 18.9. The van der Waals surface area contributed by atoms with E-state index in [0.717, 1.165) is 42.4 Å². The molecular weight excluding hydrogens is 488 g/mol. The molecule has 2 N–H and O–H groups in total. The van der Waals surface area contributed by atoms with E-state index in [1.807, 2.05) is 43.3 Å². The summed E-state index contributed by atoms with van der Waals surface area (Å²) in [5.74, 6) is 2.40. The molecule has 1 aliphatic rings. The zero-order valence-electron chi connectivity index (χ0n) is 20.8. The molecule has 1 fully saturated rings. The number of halogens is 1. The lowest BCUT2D eigenvalue weighted by molar-refractivity contribution is 0.0926. The van der Waals surface area contributed by atoms with Crippen molar-refractivity contribution in [3.8, 4) is 11.6 Å². The number of pyridine rings is 1. The second-order valence-electron chi connectivity index (χ2n) is 9.39. The molecular formula is C28H29ClN6O2. The van der Waals surface area contributed by atoms with Crippen LogP contribution in [0.3, 0.4) is 0 Å². The number of hydrogen-bond donors (Lipinski definition) is 2. The second-order valence-corrected chi connectivity index (χ2v) is 9.83. The van der Waals surface area contributed by atoms with E-state index in [9.17, 15) is 4.79 Å². The molecule has 1 aliphatic carbocycles. The van der Waals surface area contributed by atoms with Crippen molar-refractivity contribution < 1.29 is 9.53 Å². The van der Waals surface area contributed by atoms with Crippen molar-refractivity contribution in [3.05, 3.63) is 77.4 Å². The Morgan fingerprint density at radius 1 is 0.973 bits per heavy atom. The topological polar surface area (TPSA) is 92.3 Å². The molecule has 0 aliphatic heterocycles. The molecule has 1 saturated carbocycles.